The Kier molecular flexibility index (Phi) is 6.33. The number of carbonyl (C=O) groups is 3. The number of halogens is 1. The highest BCUT2D eigenvalue weighted by Gasteiger charge is 2.22. The van der Waals surface area contributed by atoms with Gasteiger partial charge in [0.2, 0.25) is 5.91 Å². The zero-order valence-corrected chi connectivity index (χ0v) is 12.2. The van der Waals surface area contributed by atoms with Crippen molar-refractivity contribution in [1.82, 2.24) is 5.32 Å². The topological polar surface area (TPSA) is 84.5 Å². The standard InChI is InChI=1S/C12H13ClN2O4S/c1-7(16)14-10(6-20)11(17)19-12(18)15-9-4-2-8(13)3-5-9/h2-5,10,20H,6H2,1H3,(H,14,16)(H,15,18)/t10-/m0/s1. The number of rotatable bonds is 4. The van der Waals surface area contributed by atoms with Gasteiger partial charge in [0.05, 0.1) is 0 Å². The Labute approximate surface area is 126 Å². The summed E-state index contributed by atoms with van der Waals surface area (Å²) in [7, 11) is 0. The molecule has 0 saturated heterocycles. The van der Waals surface area contributed by atoms with E-state index in [0.29, 0.717) is 10.7 Å². The maximum atomic E-state index is 11.6. The Hall–Kier alpha value is -1.73. The molecule has 0 aromatic heterocycles. The maximum absolute atomic E-state index is 11.6. The number of ether oxygens (including phenoxy) is 1. The number of hydrogen-bond acceptors (Lipinski definition) is 5. The van der Waals surface area contributed by atoms with Gasteiger partial charge in [0.15, 0.2) is 0 Å². The fourth-order valence-corrected chi connectivity index (χ4v) is 1.63. The van der Waals surface area contributed by atoms with Crippen molar-refractivity contribution >= 4 is 47.9 Å². The summed E-state index contributed by atoms with van der Waals surface area (Å²) in [5, 5.41) is 5.19. The Bertz CT molecular complexity index is 507. The third-order valence-corrected chi connectivity index (χ3v) is 2.75. The van der Waals surface area contributed by atoms with Crippen LogP contribution in [-0.2, 0) is 14.3 Å². The van der Waals surface area contributed by atoms with Crippen LogP contribution in [0.2, 0.25) is 5.02 Å². The molecule has 0 saturated carbocycles. The van der Waals surface area contributed by atoms with Crippen molar-refractivity contribution < 1.29 is 19.1 Å². The molecule has 0 aliphatic carbocycles. The van der Waals surface area contributed by atoms with Crippen LogP contribution in [0.5, 0.6) is 0 Å². The van der Waals surface area contributed by atoms with E-state index < -0.39 is 24.0 Å². The Balaban J connectivity index is 2.54. The van der Waals surface area contributed by atoms with Gasteiger partial charge in [-0.15, -0.1) is 0 Å². The lowest BCUT2D eigenvalue weighted by molar-refractivity contribution is -0.140. The molecule has 0 bridgehead atoms. The number of esters is 1. The van der Waals surface area contributed by atoms with Crippen LogP contribution in [0.3, 0.4) is 0 Å². The summed E-state index contributed by atoms with van der Waals surface area (Å²) in [6, 6.07) is 5.28. The Morgan fingerprint density at radius 3 is 2.40 bits per heavy atom. The van der Waals surface area contributed by atoms with Crippen LogP contribution in [0, 0.1) is 0 Å². The molecule has 2 N–H and O–H groups in total. The maximum Gasteiger partial charge on any atom is 0.419 e. The van der Waals surface area contributed by atoms with Gasteiger partial charge in [0, 0.05) is 23.4 Å². The molecular formula is C12H13ClN2O4S. The van der Waals surface area contributed by atoms with Gasteiger partial charge in [-0.25, -0.2) is 9.59 Å². The second-order valence-electron chi connectivity index (χ2n) is 3.78. The summed E-state index contributed by atoms with van der Waals surface area (Å²) in [4.78, 5) is 33.9. The minimum atomic E-state index is -0.980. The lowest BCUT2D eigenvalue weighted by Crippen LogP contribution is -2.43. The van der Waals surface area contributed by atoms with Gasteiger partial charge in [0.1, 0.15) is 6.04 Å². The smallest absolute Gasteiger partial charge is 0.374 e. The molecule has 0 unspecified atom stereocenters. The molecule has 0 fully saturated rings. The molecule has 6 nitrogen and oxygen atoms in total. The van der Waals surface area contributed by atoms with Crippen molar-refractivity contribution in [1.29, 1.82) is 0 Å². The fraction of sp³-hybridized carbons (Fsp3) is 0.250. The normalized spacial score (nSPS) is 11.3. The number of nitrogens with one attached hydrogen (secondary N) is 2. The van der Waals surface area contributed by atoms with E-state index >= 15 is 0 Å². The highest BCUT2D eigenvalue weighted by atomic mass is 35.5. The molecule has 8 heteroatoms. The minimum absolute atomic E-state index is 0.0205. The van der Waals surface area contributed by atoms with E-state index in [1.165, 1.54) is 6.92 Å². The van der Waals surface area contributed by atoms with Crippen molar-refractivity contribution in [2.24, 2.45) is 0 Å². The van der Waals surface area contributed by atoms with Gasteiger partial charge in [-0.05, 0) is 24.3 Å². The molecule has 108 valence electrons. The number of carbonyl (C=O) groups excluding carboxylic acids is 3. The average molecular weight is 317 g/mol. The van der Waals surface area contributed by atoms with E-state index in [2.05, 4.69) is 28.0 Å². The summed E-state index contributed by atoms with van der Waals surface area (Å²) >= 11 is 9.60. The molecular weight excluding hydrogens is 304 g/mol. The molecule has 20 heavy (non-hydrogen) atoms. The molecule has 1 atom stereocenters. The van der Waals surface area contributed by atoms with E-state index in [0.717, 1.165) is 0 Å². The van der Waals surface area contributed by atoms with E-state index in [-0.39, 0.29) is 5.75 Å². The van der Waals surface area contributed by atoms with Crippen molar-refractivity contribution in [2.75, 3.05) is 11.1 Å². The minimum Gasteiger partial charge on any atom is -0.374 e. The highest BCUT2D eigenvalue weighted by molar-refractivity contribution is 7.80. The SMILES string of the molecule is CC(=O)N[C@@H](CS)C(=O)OC(=O)Nc1ccc(Cl)cc1. The van der Waals surface area contributed by atoms with Gasteiger partial charge in [-0.3, -0.25) is 10.1 Å². The lowest BCUT2D eigenvalue weighted by atomic mass is 10.3. The third-order valence-electron chi connectivity index (χ3n) is 2.13. The largest absolute Gasteiger partial charge is 0.419 e. The monoisotopic (exact) mass is 316 g/mol. The second-order valence-corrected chi connectivity index (χ2v) is 4.58. The number of thiol groups is 1. The number of anilines is 1. The van der Waals surface area contributed by atoms with E-state index in [9.17, 15) is 14.4 Å². The number of hydrogen-bond donors (Lipinski definition) is 3. The first-order chi connectivity index (χ1) is 9.42. The van der Waals surface area contributed by atoms with E-state index in [1.54, 1.807) is 24.3 Å². The van der Waals surface area contributed by atoms with Crippen molar-refractivity contribution in [3.05, 3.63) is 29.3 Å². The van der Waals surface area contributed by atoms with Gasteiger partial charge in [0.25, 0.3) is 0 Å². The van der Waals surface area contributed by atoms with Crippen LogP contribution in [0.1, 0.15) is 6.92 Å². The van der Waals surface area contributed by atoms with Crippen LogP contribution in [-0.4, -0.2) is 29.8 Å². The van der Waals surface area contributed by atoms with Crippen LogP contribution in [0.4, 0.5) is 10.5 Å². The first-order valence-electron chi connectivity index (χ1n) is 5.58. The van der Waals surface area contributed by atoms with Crippen molar-refractivity contribution in [3.63, 3.8) is 0 Å². The first-order valence-corrected chi connectivity index (χ1v) is 6.59. The lowest BCUT2D eigenvalue weighted by Gasteiger charge is -2.13. The van der Waals surface area contributed by atoms with Crippen LogP contribution in [0.15, 0.2) is 24.3 Å². The molecule has 0 aliphatic rings. The van der Waals surface area contributed by atoms with E-state index in [1.807, 2.05) is 0 Å². The van der Waals surface area contributed by atoms with Crippen LogP contribution >= 0.6 is 24.2 Å². The molecule has 0 radical (unpaired) electrons. The zero-order chi connectivity index (χ0) is 15.1. The van der Waals surface area contributed by atoms with Crippen LogP contribution in [0.25, 0.3) is 0 Å². The summed E-state index contributed by atoms with van der Waals surface area (Å²) in [6.45, 7) is 1.25. The quantitative estimate of drug-likeness (QED) is 0.449. The summed E-state index contributed by atoms with van der Waals surface area (Å²) < 4.78 is 4.55. The number of benzene rings is 1. The predicted molar refractivity (Wildman–Crippen MR) is 78.0 cm³/mol. The molecule has 1 rings (SSSR count). The van der Waals surface area contributed by atoms with Gasteiger partial charge in [-0.2, -0.15) is 12.6 Å². The predicted octanol–water partition coefficient (Wildman–Crippen LogP) is 1.85. The molecule has 1 aromatic rings. The van der Waals surface area contributed by atoms with E-state index in [4.69, 9.17) is 11.6 Å². The summed E-state index contributed by atoms with van der Waals surface area (Å²) in [5.74, 6) is -1.28. The Morgan fingerprint density at radius 2 is 1.90 bits per heavy atom. The number of amides is 2. The average Bonchev–Trinajstić information content (AvgIpc) is 2.38. The van der Waals surface area contributed by atoms with Gasteiger partial charge >= 0.3 is 12.1 Å². The first kappa shape index (κ1) is 16.3. The zero-order valence-electron chi connectivity index (χ0n) is 10.6. The third kappa shape index (κ3) is 5.50. The summed E-state index contributed by atoms with van der Waals surface area (Å²) in [5.41, 5.74) is 0.425. The molecule has 0 aliphatic heterocycles. The molecule has 1 aromatic carbocycles. The van der Waals surface area contributed by atoms with Gasteiger partial charge in [-0.1, -0.05) is 11.6 Å². The van der Waals surface area contributed by atoms with Crippen molar-refractivity contribution in [3.8, 4) is 0 Å². The van der Waals surface area contributed by atoms with Crippen molar-refractivity contribution in [2.45, 2.75) is 13.0 Å². The fourth-order valence-electron chi connectivity index (χ4n) is 1.26. The van der Waals surface area contributed by atoms with Crippen LogP contribution < -0.4 is 10.6 Å². The Morgan fingerprint density at radius 1 is 1.30 bits per heavy atom. The summed E-state index contributed by atoms with van der Waals surface area (Å²) in [6.07, 6.45) is -0.950. The molecule has 0 spiro atoms. The highest BCUT2D eigenvalue weighted by Crippen LogP contribution is 2.13. The molecule has 0 heterocycles. The molecule has 2 amide bonds. The second kappa shape index (κ2) is 7.76. The van der Waals surface area contributed by atoms with Gasteiger partial charge < -0.3 is 10.1 Å².